The molecule has 1 aliphatic carbocycles. The molecule has 1 unspecified atom stereocenters. The molecule has 0 saturated heterocycles. The van der Waals surface area contributed by atoms with Crippen LogP contribution in [-0.2, 0) is 10.0 Å². The Hall–Kier alpha value is -1.93. The van der Waals surface area contributed by atoms with E-state index in [1.807, 2.05) is 30.3 Å². The number of nitrogens with one attached hydrogen (secondary N) is 2. The van der Waals surface area contributed by atoms with Crippen molar-refractivity contribution in [3.63, 3.8) is 0 Å². The molecule has 1 saturated carbocycles. The predicted molar refractivity (Wildman–Crippen MR) is 107 cm³/mol. The molecule has 1 aliphatic rings. The molecule has 0 radical (unpaired) electrons. The van der Waals surface area contributed by atoms with Gasteiger partial charge in [-0.1, -0.05) is 36.4 Å². The third-order valence-electron chi connectivity index (χ3n) is 4.38. The molecule has 0 bridgehead atoms. The fourth-order valence-corrected chi connectivity index (χ4v) is 3.72. The maximum absolute atomic E-state index is 12.4. The van der Waals surface area contributed by atoms with Gasteiger partial charge in [-0.3, -0.25) is 4.79 Å². The number of halogens is 1. The van der Waals surface area contributed by atoms with Crippen molar-refractivity contribution in [2.75, 3.05) is 13.1 Å². The number of sulfonamides is 1. The van der Waals surface area contributed by atoms with Gasteiger partial charge in [-0.15, -0.1) is 12.4 Å². The van der Waals surface area contributed by atoms with Gasteiger partial charge in [0.2, 0.25) is 10.0 Å². The number of amides is 1. The molecule has 1 amide bonds. The fourth-order valence-electron chi connectivity index (χ4n) is 2.56. The first-order valence-electron chi connectivity index (χ1n) is 8.64. The molecule has 1 atom stereocenters. The van der Waals surface area contributed by atoms with Gasteiger partial charge in [0.25, 0.3) is 5.91 Å². The SMILES string of the molecule is Cl.NC(CNC(=O)c1cccc(S(=O)(=O)NCC2CC2)c1)c1ccccc1. The van der Waals surface area contributed by atoms with Crippen LogP contribution in [-0.4, -0.2) is 27.4 Å². The molecule has 0 heterocycles. The lowest BCUT2D eigenvalue weighted by Crippen LogP contribution is -2.32. The minimum absolute atomic E-state index is 0. The van der Waals surface area contributed by atoms with Gasteiger partial charge in [0.15, 0.2) is 0 Å². The average molecular weight is 410 g/mol. The van der Waals surface area contributed by atoms with Crippen LogP contribution < -0.4 is 15.8 Å². The smallest absolute Gasteiger partial charge is 0.251 e. The van der Waals surface area contributed by atoms with Crippen LogP contribution in [0.5, 0.6) is 0 Å². The van der Waals surface area contributed by atoms with E-state index in [4.69, 9.17) is 5.73 Å². The van der Waals surface area contributed by atoms with E-state index >= 15 is 0 Å². The van der Waals surface area contributed by atoms with Crippen molar-refractivity contribution in [2.45, 2.75) is 23.8 Å². The molecule has 3 rings (SSSR count). The summed E-state index contributed by atoms with van der Waals surface area (Å²) in [5, 5.41) is 2.76. The third kappa shape index (κ3) is 6.04. The number of benzene rings is 2. The lowest BCUT2D eigenvalue weighted by Gasteiger charge is -2.13. The molecule has 2 aromatic carbocycles. The van der Waals surface area contributed by atoms with E-state index in [0.29, 0.717) is 18.0 Å². The van der Waals surface area contributed by atoms with Crippen LogP contribution in [0.1, 0.15) is 34.8 Å². The van der Waals surface area contributed by atoms with Gasteiger partial charge in [-0.2, -0.15) is 0 Å². The zero-order valence-electron chi connectivity index (χ0n) is 14.8. The van der Waals surface area contributed by atoms with Crippen LogP contribution in [0.25, 0.3) is 0 Å². The van der Waals surface area contributed by atoms with E-state index in [2.05, 4.69) is 10.0 Å². The van der Waals surface area contributed by atoms with Crippen molar-refractivity contribution in [3.8, 4) is 0 Å². The molecule has 6 nitrogen and oxygen atoms in total. The van der Waals surface area contributed by atoms with E-state index in [1.54, 1.807) is 12.1 Å². The van der Waals surface area contributed by atoms with Crippen LogP contribution in [0.15, 0.2) is 59.5 Å². The molecule has 4 N–H and O–H groups in total. The highest BCUT2D eigenvalue weighted by Crippen LogP contribution is 2.28. The van der Waals surface area contributed by atoms with Gasteiger partial charge in [0.05, 0.1) is 4.90 Å². The van der Waals surface area contributed by atoms with Gasteiger partial charge >= 0.3 is 0 Å². The Morgan fingerprint density at radius 3 is 2.48 bits per heavy atom. The van der Waals surface area contributed by atoms with Crippen LogP contribution in [0.2, 0.25) is 0 Å². The number of carbonyl (C=O) groups is 1. The van der Waals surface area contributed by atoms with Crippen LogP contribution in [0, 0.1) is 5.92 Å². The summed E-state index contributed by atoms with van der Waals surface area (Å²) in [6.45, 7) is 0.713. The minimum atomic E-state index is -3.60. The number of hydrogen-bond donors (Lipinski definition) is 3. The first-order chi connectivity index (χ1) is 12.5. The summed E-state index contributed by atoms with van der Waals surface area (Å²) in [6.07, 6.45) is 2.12. The van der Waals surface area contributed by atoms with Crippen LogP contribution in [0.3, 0.4) is 0 Å². The molecule has 0 spiro atoms. The summed E-state index contributed by atoms with van der Waals surface area (Å²) in [5.74, 6) is 0.0892. The molecule has 146 valence electrons. The Morgan fingerprint density at radius 2 is 1.81 bits per heavy atom. The zero-order chi connectivity index (χ0) is 18.6. The summed E-state index contributed by atoms with van der Waals surface area (Å²) in [4.78, 5) is 12.4. The molecule has 1 fully saturated rings. The average Bonchev–Trinajstić information content (AvgIpc) is 3.49. The quantitative estimate of drug-likeness (QED) is 0.622. The van der Waals surface area contributed by atoms with E-state index in [9.17, 15) is 13.2 Å². The Bertz CT molecular complexity index is 871. The number of nitrogens with two attached hydrogens (primary N) is 1. The second kappa shape index (κ2) is 9.32. The molecule has 2 aromatic rings. The molecule has 0 aliphatic heterocycles. The van der Waals surface area contributed by atoms with Gasteiger partial charge in [0, 0.05) is 24.7 Å². The third-order valence-corrected chi connectivity index (χ3v) is 5.80. The second-order valence-electron chi connectivity index (χ2n) is 6.55. The molecule has 8 heteroatoms. The lowest BCUT2D eigenvalue weighted by molar-refractivity contribution is 0.0951. The van der Waals surface area contributed by atoms with Crippen molar-refractivity contribution >= 4 is 28.3 Å². The van der Waals surface area contributed by atoms with Crippen molar-refractivity contribution < 1.29 is 13.2 Å². The number of carbonyl (C=O) groups excluding carboxylic acids is 1. The van der Waals surface area contributed by atoms with Crippen LogP contribution in [0.4, 0.5) is 0 Å². The first-order valence-corrected chi connectivity index (χ1v) is 10.1. The maximum Gasteiger partial charge on any atom is 0.251 e. The van der Waals surface area contributed by atoms with Gasteiger partial charge in [-0.25, -0.2) is 13.1 Å². The Morgan fingerprint density at radius 1 is 1.11 bits per heavy atom. The van der Waals surface area contributed by atoms with Gasteiger partial charge in [-0.05, 0) is 42.5 Å². The Labute approximate surface area is 166 Å². The largest absolute Gasteiger partial charge is 0.350 e. The highest BCUT2D eigenvalue weighted by atomic mass is 35.5. The molecule has 27 heavy (non-hydrogen) atoms. The standard InChI is InChI=1S/C19H23N3O3S.ClH/c20-18(15-5-2-1-3-6-15)13-21-19(23)16-7-4-8-17(11-16)26(24,25)22-12-14-9-10-14;/h1-8,11,14,18,22H,9-10,12-13,20H2,(H,21,23);1H. The topological polar surface area (TPSA) is 101 Å². The summed E-state index contributed by atoms with van der Waals surface area (Å²) >= 11 is 0. The first kappa shape index (κ1) is 21.4. The summed E-state index contributed by atoms with van der Waals surface area (Å²) in [5.41, 5.74) is 7.29. The lowest BCUT2D eigenvalue weighted by atomic mass is 10.1. The highest BCUT2D eigenvalue weighted by Gasteiger charge is 2.24. The molecular formula is C19H24ClN3O3S. The Balaban J connectivity index is 0.00000261. The van der Waals surface area contributed by atoms with Crippen molar-refractivity contribution in [3.05, 3.63) is 65.7 Å². The monoisotopic (exact) mass is 409 g/mol. The van der Waals surface area contributed by atoms with Crippen molar-refractivity contribution in [1.29, 1.82) is 0 Å². The van der Waals surface area contributed by atoms with E-state index in [0.717, 1.165) is 18.4 Å². The summed E-state index contributed by atoms with van der Waals surface area (Å²) in [7, 11) is -3.60. The van der Waals surface area contributed by atoms with Crippen LogP contribution >= 0.6 is 12.4 Å². The molecule has 0 aromatic heterocycles. The maximum atomic E-state index is 12.4. The normalized spacial score (nSPS) is 14.9. The Kier molecular flexibility index (Phi) is 7.38. The van der Waals surface area contributed by atoms with Crippen molar-refractivity contribution in [1.82, 2.24) is 10.0 Å². The summed E-state index contributed by atoms with van der Waals surface area (Å²) in [6, 6.07) is 15.2. The molecular weight excluding hydrogens is 386 g/mol. The fraction of sp³-hybridized carbons (Fsp3) is 0.316. The number of rotatable bonds is 8. The number of hydrogen-bond acceptors (Lipinski definition) is 4. The highest BCUT2D eigenvalue weighted by molar-refractivity contribution is 7.89. The van der Waals surface area contributed by atoms with E-state index in [-0.39, 0.29) is 35.8 Å². The predicted octanol–water partition coefficient (Wildman–Crippen LogP) is 2.23. The van der Waals surface area contributed by atoms with Gasteiger partial charge in [0.1, 0.15) is 0 Å². The van der Waals surface area contributed by atoms with Gasteiger partial charge < -0.3 is 11.1 Å². The second-order valence-corrected chi connectivity index (χ2v) is 8.32. The van der Waals surface area contributed by atoms with E-state index in [1.165, 1.54) is 12.1 Å². The zero-order valence-corrected chi connectivity index (χ0v) is 16.4. The van der Waals surface area contributed by atoms with E-state index < -0.39 is 10.0 Å². The minimum Gasteiger partial charge on any atom is -0.350 e. The van der Waals surface area contributed by atoms with Crippen molar-refractivity contribution in [2.24, 2.45) is 11.7 Å². The summed E-state index contributed by atoms with van der Waals surface area (Å²) < 4.78 is 27.3.